The topological polar surface area (TPSA) is 89.8 Å². The monoisotopic (exact) mass is 485 g/mol. The smallest absolute Gasteiger partial charge is 0.280 e. The molecule has 0 saturated heterocycles. The van der Waals surface area contributed by atoms with Gasteiger partial charge in [-0.3, -0.25) is 14.9 Å². The number of carbonyl (C=O) groups excluding carboxylic acids is 1. The van der Waals surface area contributed by atoms with Crippen LogP contribution in [-0.2, 0) is 6.54 Å². The molecule has 5 aromatic rings. The summed E-state index contributed by atoms with van der Waals surface area (Å²) in [5, 5.41) is 18.7. The molecule has 1 amide bonds. The van der Waals surface area contributed by atoms with Crippen molar-refractivity contribution in [2.24, 2.45) is 0 Å². The zero-order chi connectivity index (χ0) is 23.5. The minimum absolute atomic E-state index is 0.0229. The fourth-order valence-electron chi connectivity index (χ4n) is 3.61. The van der Waals surface area contributed by atoms with E-state index in [-0.39, 0.29) is 5.56 Å². The van der Waals surface area contributed by atoms with Crippen LogP contribution in [0.3, 0.4) is 0 Å². The lowest BCUT2D eigenvalue weighted by molar-refractivity contribution is 0.102. The molecule has 168 valence electrons. The molecule has 9 heteroatoms. The second kappa shape index (κ2) is 9.50. The molecule has 2 aromatic carbocycles. The molecule has 3 heterocycles. The van der Waals surface area contributed by atoms with Gasteiger partial charge in [0.1, 0.15) is 5.56 Å². The van der Waals surface area contributed by atoms with Gasteiger partial charge in [-0.2, -0.15) is 5.10 Å². The predicted octanol–water partition coefficient (Wildman–Crippen LogP) is 5.43. The standard InChI is InChI=1S/C25H19N5O2S2/c1-2-30-24(32)20(22(31)26-25-28-27-23(34-25)18-14-9-15-33-18)19(16-10-5-3-6-11-16)21(29-30)17-12-7-4-8-13-17/h3-15H,2H2,1H3,(H,26,28,31). The Kier molecular flexibility index (Phi) is 6.11. The van der Waals surface area contributed by atoms with Gasteiger partial charge in [-0.1, -0.05) is 78.1 Å². The predicted molar refractivity (Wildman–Crippen MR) is 136 cm³/mol. The minimum atomic E-state index is -0.542. The molecule has 0 fully saturated rings. The van der Waals surface area contributed by atoms with Crippen LogP contribution in [0.15, 0.2) is 83.0 Å². The maximum absolute atomic E-state index is 13.6. The first-order valence-electron chi connectivity index (χ1n) is 10.6. The molecule has 0 aliphatic rings. The van der Waals surface area contributed by atoms with Gasteiger partial charge >= 0.3 is 0 Å². The van der Waals surface area contributed by atoms with Crippen molar-refractivity contribution in [2.75, 3.05) is 5.32 Å². The summed E-state index contributed by atoms with van der Waals surface area (Å²) in [6, 6.07) is 22.8. The number of hydrogen-bond acceptors (Lipinski definition) is 7. The average molecular weight is 486 g/mol. The quantitative estimate of drug-likeness (QED) is 0.346. The molecule has 34 heavy (non-hydrogen) atoms. The van der Waals surface area contributed by atoms with Crippen LogP contribution in [0.2, 0.25) is 0 Å². The molecule has 0 spiro atoms. The lowest BCUT2D eigenvalue weighted by Gasteiger charge is -2.16. The summed E-state index contributed by atoms with van der Waals surface area (Å²) in [6.07, 6.45) is 0. The van der Waals surface area contributed by atoms with Gasteiger partial charge in [-0.25, -0.2) is 4.68 Å². The number of nitrogens with zero attached hydrogens (tertiary/aromatic N) is 4. The molecular formula is C25H19N5O2S2. The zero-order valence-electron chi connectivity index (χ0n) is 18.1. The van der Waals surface area contributed by atoms with E-state index in [0.717, 1.165) is 16.0 Å². The highest BCUT2D eigenvalue weighted by Gasteiger charge is 2.25. The number of aryl methyl sites for hydroxylation is 1. The van der Waals surface area contributed by atoms with Gasteiger partial charge < -0.3 is 0 Å². The summed E-state index contributed by atoms with van der Waals surface area (Å²) in [7, 11) is 0. The summed E-state index contributed by atoms with van der Waals surface area (Å²) >= 11 is 2.81. The Hall–Kier alpha value is -3.95. The SMILES string of the molecule is CCn1nc(-c2ccccc2)c(-c2ccccc2)c(C(=O)Nc2nnc(-c3cccs3)s2)c1=O. The molecule has 7 nitrogen and oxygen atoms in total. The minimum Gasteiger partial charge on any atom is -0.296 e. The molecule has 1 N–H and O–H groups in total. The van der Waals surface area contributed by atoms with E-state index in [1.807, 2.05) is 85.1 Å². The fourth-order valence-corrected chi connectivity index (χ4v) is 5.14. The number of amides is 1. The number of benzene rings is 2. The molecule has 0 aliphatic carbocycles. The van der Waals surface area contributed by atoms with E-state index in [2.05, 4.69) is 20.6 Å². The Balaban J connectivity index is 1.66. The third-order valence-electron chi connectivity index (χ3n) is 5.17. The summed E-state index contributed by atoms with van der Waals surface area (Å²) in [5.74, 6) is -0.542. The van der Waals surface area contributed by atoms with Crippen molar-refractivity contribution in [3.8, 4) is 32.3 Å². The van der Waals surface area contributed by atoms with Crippen molar-refractivity contribution in [2.45, 2.75) is 13.5 Å². The van der Waals surface area contributed by atoms with E-state index in [9.17, 15) is 9.59 Å². The van der Waals surface area contributed by atoms with Gasteiger partial charge in [-0.05, 0) is 23.9 Å². The van der Waals surface area contributed by atoms with Crippen LogP contribution in [0.5, 0.6) is 0 Å². The van der Waals surface area contributed by atoms with Crippen molar-refractivity contribution in [3.05, 3.63) is 94.1 Å². The molecule has 0 bridgehead atoms. The fraction of sp³-hybridized carbons (Fsp3) is 0.0800. The highest BCUT2D eigenvalue weighted by atomic mass is 32.1. The van der Waals surface area contributed by atoms with Crippen molar-refractivity contribution < 1.29 is 4.79 Å². The van der Waals surface area contributed by atoms with E-state index in [4.69, 9.17) is 0 Å². The second-order valence-electron chi connectivity index (χ2n) is 7.30. The van der Waals surface area contributed by atoms with Crippen LogP contribution in [0.4, 0.5) is 5.13 Å². The molecule has 0 atom stereocenters. The van der Waals surface area contributed by atoms with Gasteiger partial charge in [0.05, 0.1) is 10.6 Å². The molecule has 0 radical (unpaired) electrons. The van der Waals surface area contributed by atoms with E-state index < -0.39 is 11.5 Å². The van der Waals surface area contributed by atoms with Crippen LogP contribution in [0, 0.1) is 0 Å². The Morgan fingerprint density at radius 3 is 2.29 bits per heavy atom. The van der Waals surface area contributed by atoms with Gasteiger partial charge in [0.2, 0.25) is 5.13 Å². The third kappa shape index (κ3) is 4.18. The van der Waals surface area contributed by atoms with E-state index in [1.54, 1.807) is 11.3 Å². The Labute approximate surface area is 203 Å². The molecule has 0 unspecified atom stereocenters. The summed E-state index contributed by atoms with van der Waals surface area (Å²) in [6.45, 7) is 2.15. The molecule has 3 aromatic heterocycles. The summed E-state index contributed by atoms with van der Waals surface area (Å²) < 4.78 is 1.32. The van der Waals surface area contributed by atoms with Crippen molar-refractivity contribution >= 4 is 33.7 Å². The van der Waals surface area contributed by atoms with Gasteiger partial charge in [0, 0.05) is 17.7 Å². The van der Waals surface area contributed by atoms with Gasteiger partial charge in [0.15, 0.2) is 5.01 Å². The lowest BCUT2D eigenvalue weighted by atomic mass is 9.95. The highest BCUT2D eigenvalue weighted by molar-refractivity contribution is 7.23. The van der Waals surface area contributed by atoms with E-state index >= 15 is 0 Å². The van der Waals surface area contributed by atoms with Crippen LogP contribution in [0.1, 0.15) is 17.3 Å². The van der Waals surface area contributed by atoms with Crippen molar-refractivity contribution in [1.29, 1.82) is 0 Å². The first-order chi connectivity index (χ1) is 16.7. The van der Waals surface area contributed by atoms with E-state index in [1.165, 1.54) is 16.0 Å². The Morgan fingerprint density at radius 1 is 0.941 bits per heavy atom. The maximum atomic E-state index is 13.6. The largest absolute Gasteiger partial charge is 0.296 e. The number of thiophene rings is 1. The third-order valence-corrected chi connectivity index (χ3v) is 7.05. The normalized spacial score (nSPS) is 10.9. The van der Waals surface area contributed by atoms with Crippen LogP contribution in [-0.4, -0.2) is 25.9 Å². The van der Waals surface area contributed by atoms with Crippen molar-refractivity contribution in [1.82, 2.24) is 20.0 Å². The van der Waals surface area contributed by atoms with Crippen LogP contribution >= 0.6 is 22.7 Å². The number of carbonyl (C=O) groups is 1. The summed E-state index contributed by atoms with van der Waals surface area (Å²) in [5.41, 5.74) is 2.16. The second-order valence-corrected chi connectivity index (χ2v) is 9.22. The Morgan fingerprint density at radius 2 is 1.65 bits per heavy atom. The molecule has 5 rings (SSSR count). The van der Waals surface area contributed by atoms with Crippen LogP contribution < -0.4 is 10.9 Å². The molecular weight excluding hydrogens is 466 g/mol. The van der Waals surface area contributed by atoms with E-state index in [0.29, 0.717) is 27.9 Å². The molecule has 0 aliphatic heterocycles. The number of hydrogen-bond donors (Lipinski definition) is 1. The number of rotatable bonds is 6. The first-order valence-corrected chi connectivity index (χ1v) is 12.3. The zero-order valence-corrected chi connectivity index (χ0v) is 19.8. The van der Waals surface area contributed by atoms with Crippen molar-refractivity contribution in [3.63, 3.8) is 0 Å². The highest BCUT2D eigenvalue weighted by Crippen LogP contribution is 2.33. The first kappa shape index (κ1) is 21.9. The van der Waals surface area contributed by atoms with Gasteiger partial charge in [-0.15, -0.1) is 21.5 Å². The average Bonchev–Trinajstić information content (AvgIpc) is 3.57. The lowest BCUT2D eigenvalue weighted by Crippen LogP contribution is -2.32. The number of nitrogens with one attached hydrogen (secondary N) is 1. The number of anilines is 1. The maximum Gasteiger partial charge on any atom is 0.280 e. The Bertz CT molecular complexity index is 1490. The molecule has 0 saturated carbocycles. The summed E-state index contributed by atoms with van der Waals surface area (Å²) in [4.78, 5) is 27.9. The van der Waals surface area contributed by atoms with Crippen LogP contribution in [0.25, 0.3) is 32.3 Å². The van der Waals surface area contributed by atoms with Gasteiger partial charge in [0.25, 0.3) is 11.5 Å². The number of aromatic nitrogens is 4.